The molecule has 2 aromatic heterocycles. The summed E-state index contributed by atoms with van der Waals surface area (Å²) in [5.41, 5.74) is 0.957. The molecule has 8 heteroatoms. The van der Waals surface area contributed by atoms with Gasteiger partial charge < -0.3 is 4.74 Å². The van der Waals surface area contributed by atoms with Crippen LogP contribution in [0.25, 0.3) is 5.65 Å². The average Bonchev–Trinajstić information content (AvgIpc) is 2.88. The molecule has 0 spiro atoms. The first-order valence-electron chi connectivity index (χ1n) is 6.63. The fourth-order valence-electron chi connectivity index (χ4n) is 2.54. The van der Waals surface area contributed by atoms with Crippen LogP contribution in [0.5, 0.6) is 0 Å². The number of rotatable bonds is 2. The standard InChI is InChI=1S/C13H15N3O4S/c1-20-13(17)9-4-5-11-14-12(15-16(11)7-9)10-3-2-6-21(18,19)8-10/h4-5,7,10H,2-3,6,8H2,1H3. The van der Waals surface area contributed by atoms with E-state index in [2.05, 4.69) is 14.8 Å². The summed E-state index contributed by atoms with van der Waals surface area (Å²) < 4.78 is 29.6. The van der Waals surface area contributed by atoms with Crippen LogP contribution in [0.15, 0.2) is 18.3 Å². The van der Waals surface area contributed by atoms with Crippen molar-refractivity contribution in [3.8, 4) is 0 Å². The Morgan fingerprint density at radius 2 is 2.24 bits per heavy atom. The summed E-state index contributed by atoms with van der Waals surface area (Å²) in [5, 5.41) is 4.31. The number of sulfone groups is 1. The monoisotopic (exact) mass is 309 g/mol. The van der Waals surface area contributed by atoms with E-state index in [1.54, 1.807) is 12.1 Å². The molecule has 0 radical (unpaired) electrons. The second-order valence-electron chi connectivity index (χ2n) is 5.14. The van der Waals surface area contributed by atoms with Crippen LogP contribution in [-0.2, 0) is 14.6 Å². The maximum atomic E-state index is 11.7. The van der Waals surface area contributed by atoms with Gasteiger partial charge in [-0.2, -0.15) is 5.10 Å². The van der Waals surface area contributed by atoms with Crippen LogP contribution in [0.3, 0.4) is 0 Å². The zero-order valence-electron chi connectivity index (χ0n) is 11.5. The van der Waals surface area contributed by atoms with Crippen molar-refractivity contribution in [1.29, 1.82) is 0 Å². The average molecular weight is 309 g/mol. The molecule has 2 aromatic rings. The molecular formula is C13H15N3O4S. The molecule has 1 unspecified atom stereocenters. The molecule has 7 nitrogen and oxygen atoms in total. The Hall–Kier alpha value is -1.96. The summed E-state index contributed by atoms with van der Waals surface area (Å²) in [7, 11) is -1.69. The Morgan fingerprint density at radius 1 is 1.43 bits per heavy atom. The van der Waals surface area contributed by atoms with E-state index in [4.69, 9.17) is 0 Å². The minimum Gasteiger partial charge on any atom is -0.465 e. The number of ether oxygens (including phenoxy) is 1. The quantitative estimate of drug-likeness (QED) is 0.762. The van der Waals surface area contributed by atoms with Gasteiger partial charge in [0.1, 0.15) is 0 Å². The lowest BCUT2D eigenvalue weighted by molar-refractivity contribution is 0.0600. The summed E-state index contributed by atoms with van der Waals surface area (Å²) in [6.07, 6.45) is 2.94. The minimum absolute atomic E-state index is 0.0910. The van der Waals surface area contributed by atoms with E-state index in [0.717, 1.165) is 6.42 Å². The highest BCUT2D eigenvalue weighted by molar-refractivity contribution is 7.91. The number of carbonyl (C=O) groups is 1. The number of fused-ring (bicyclic) bond motifs is 1. The molecule has 3 rings (SSSR count). The number of methoxy groups -OCH3 is 1. The molecule has 1 aliphatic rings. The number of esters is 1. The second-order valence-corrected chi connectivity index (χ2v) is 7.36. The van der Waals surface area contributed by atoms with Gasteiger partial charge in [-0.05, 0) is 25.0 Å². The zero-order chi connectivity index (χ0) is 15.0. The van der Waals surface area contributed by atoms with Crippen molar-refractivity contribution in [1.82, 2.24) is 14.6 Å². The molecule has 112 valence electrons. The zero-order valence-corrected chi connectivity index (χ0v) is 12.3. The minimum atomic E-state index is -3.01. The molecule has 3 heterocycles. The Kier molecular flexibility index (Phi) is 3.40. The Bertz CT molecular complexity index is 797. The second kappa shape index (κ2) is 5.10. The van der Waals surface area contributed by atoms with Gasteiger partial charge in [0.2, 0.25) is 0 Å². The van der Waals surface area contributed by atoms with E-state index in [1.165, 1.54) is 17.8 Å². The summed E-state index contributed by atoms with van der Waals surface area (Å²) >= 11 is 0. The Labute approximate surface area is 121 Å². The molecular weight excluding hydrogens is 294 g/mol. The molecule has 1 aliphatic heterocycles. The highest BCUT2D eigenvalue weighted by atomic mass is 32.2. The first-order chi connectivity index (χ1) is 9.98. The van der Waals surface area contributed by atoms with Crippen LogP contribution in [0.4, 0.5) is 0 Å². The Morgan fingerprint density at radius 3 is 2.95 bits per heavy atom. The summed E-state index contributed by atoms with van der Waals surface area (Å²) in [4.78, 5) is 15.9. The van der Waals surface area contributed by atoms with Gasteiger partial charge in [-0.3, -0.25) is 0 Å². The molecule has 1 atom stereocenters. The third-order valence-electron chi connectivity index (χ3n) is 3.60. The van der Waals surface area contributed by atoms with Gasteiger partial charge in [0.25, 0.3) is 0 Å². The van der Waals surface area contributed by atoms with Gasteiger partial charge in [0.05, 0.1) is 24.2 Å². The predicted octanol–water partition coefficient (Wildman–Crippen LogP) is 0.808. The predicted molar refractivity (Wildman–Crippen MR) is 75.0 cm³/mol. The highest BCUT2D eigenvalue weighted by Crippen LogP contribution is 2.26. The number of hydrogen-bond acceptors (Lipinski definition) is 6. The lowest BCUT2D eigenvalue weighted by Crippen LogP contribution is -2.24. The summed E-state index contributed by atoms with van der Waals surface area (Å²) in [5.74, 6) is 0.219. The van der Waals surface area contributed by atoms with Crippen LogP contribution < -0.4 is 0 Å². The summed E-state index contributed by atoms with van der Waals surface area (Å²) in [6.45, 7) is 0. The van der Waals surface area contributed by atoms with Crippen molar-refractivity contribution in [2.45, 2.75) is 18.8 Å². The van der Waals surface area contributed by atoms with Crippen molar-refractivity contribution in [3.05, 3.63) is 29.7 Å². The van der Waals surface area contributed by atoms with Crippen LogP contribution in [0.2, 0.25) is 0 Å². The topological polar surface area (TPSA) is 90.6 Å². The Balaban J connectivity index is 1.95. The molecule has 1 fully saturated rings. The highest BCUT2D eigenvalue weighted by Gasteiger charge is 2.28. The first kappa shape index (κ1) is 14.0. The van der Waals surface area contributed by atoms with Crippen LogP contribution in [-0.4, -0.2) is 47.6 Å². The van der Waals surface area contributed by atoms with E-state index in [-0.39, 0.29) is 17.4 Å². The maximum absolute atomic E-state index is 11.7. The molecule has 0 saturated carbocycles. The van der Waals surface area contributed by atoms with E-state index in [9.17, 15) is 13.2 Å². The third-order valence-corrected chi connectivity index (χ3v) is 5.42. The normalized spacial score (nSPS) is 21.3. The molecule has 0 aliphatic carbocycles. The lowest BCUT2D eigenvalue weighted by Gasteiger charge is -2.18. The van der Waals surface area contributed by atoms with Crippen molar-refractivity contribution in [3.63, 3.8) is 0 Å². The van der Waals surface area contributed by atoms with Gasteiger partial charge in [0.15, 0.2) is 21.3 Å². The van der Waals surface area contributed by atoms with Crippen molar-refractivity contribution in [2.75, 3.05) is 18.6 Å². The van der Waals surface area contributed by atoms with Crippen LogP contribution in [0, 0.1) is 0 Å². The van der Waals surface area contributed by atoms with Gasteiger partial charge in [-0.15, -0.1) is 0 Å². The van der Waals surface area contributed by atoms with Crippen LogP contribution in [0.1, 0.15) is 34.9 Å². The first-order valence-corrected chi connectivity index (χ1v) is 8.46. The maximum Gasteiger partial charge on any atom is 0.339 e. The SMILES string of the molecule is COC(=O)c1ccc2nc(C3CCCS(=O)(=O)C3)nn2c1. The fourth-order valence-corrected chi connectivity index (χ4v) is 4.24. The summed E-state index contributed by atoms with van der Waals surface area (Å²) in [6, 6.07) is 3.28. The van der Waals surface area contributed by atoms with Crippen LogP contribution >= 0.6 is 0 Å². The van der Waals surface area contributed by atoms with E-state index < -0.39 is 15.8 Å². The molecule has 0 aromatic carbocycles. The van der Waals surface area contributed by atoms with Gasteiger partial charge >= 0.3 is 5.97 Å². The number of aromatic nitrogens is 3. The largest absolute Gasteiger partial charge is 0.465 e. The number of carbonyl (C=O) groups excluding carboxylic acids is 1. The van der Waals surface area contributed by atoms with Crippen molar-refractivity contribution in [2.24, 2.45) is 0 Å². The van der Waals surface area contributed by atoms with E-state index in [1.807, 2.05) is 0 Å². The fraction of sp³-hybridized carbons (Fsp3) is 0.462. The smallest absolute Gasteiger partial charge is 0.339 e. The van der Waals surface area contributed by atoms with E-state index in [0.29, 0.717) is 23.5 Å². The molecule has 0 N–H and O–H groups in total. The lowest BCUT2D eigenvalue weighted by atomic mass is 10.1. The van der Waals surface area contributed by atoms with Crippen molar-refractivity contribution >= 4 is 21.5 Å². The molecule has 0 bridgehead atoms. The molecule has 1 saturated heterocycles. The third kappa shape index (κ3) is 2.76. The van der Waals surface area contributed by atoms with Gasteiger partial charge in [0, 0.05) is 12.1 Å². The number of pyridine rings is 1. The van der Waals surface area contributed by atoms with Gasteiger partial charge in [-0.1, -0.05) is 0 Å². The number of nitrogens with zero attached hydrogens (tertiary/aromatic N) is 3. The van der Waals surface area contributed by atoms with Crippen molar-refractivity contribution < 1.29 is 17.9 Å². The number of hydrogen-bond donors (Lipinski definition) is 0. The molecule has 21 heavy (non-hydrogen) atoms. The molecule has 0 amide bonds. The van der Waals surface area contributed by atoms with E-state index >= 15 is 0 Å². The van der Waals surface area contributed by atoms with Gasteiger partial charge in [-0.25, -0.2) is 22.7 Å².